The van der Waals surface area contributed by atoms with E-state index in [1.54, 1.807) is 0 Å². The van der Waals surface area contributed by atoms with Gasteiger partial charge in [0.25, 0.3) is 5.89 Å². The van der Waals surface area contributed by atoms with Crippen molar-refractivity contribution in [3.63, 3.8) is 0 Å². The summed E-state index contributed by atoms with van der Waals surface area (Å²) in [6.45, 7) is 0.289. The summed E-state index contributed by atoms with van der Waals surface area (Å²) < 4.78 is 6.01. The fourth-order valence-electron chi connectivity index (χ4n) is 1.08. The largest absolute Gasteiger partial charge is 0.334 e. The van der Waals surface area contributed by atoms with Gasteiger partial charge in [0.15, 0.2) is 5.82 Å². The number of benzene rings is 1. The molecule has 0 fully saturated rings. The summed E-state index contributed by atoms with van der Waals surface area (Å²) in [4.78, 5) is 4.12. The van der Waals surface area contributed by atoms with Gasteiger partial charge in [-0.2, -0.15) is 4.98 Å². The monoisotopic (exact) mass is 289 g/mol. The van der Waals surface area contributed by atoms with Crippen LogP contribution in [0.15, 0.2) is 33.3 Å². The molecule has 15 heavy (non-hydrogen) atoms. The number of nitrogens with two attached hydrogens (primary N) is 1. The molecule has 0 unspecified atom stereocenters. The average Bonchev–Trinajstić information content (AvgIpc) is 2.66. The van der Waals surface area contributed by atoms with E-state index in [1.807, 2.05) is 24.3 Å². The molecule has 0 atom stereocenters. The first-order valence-corrected chi connectivity index (χ1v) is 4.87. The van der Waals surface area contributed by atoms with Gasteiger partial charge in [0, 0.05) is 10.0 Å². The minimum Gasteiger partial charge on any atom is -0.334 e. The summed E-state index contributed by atoms with van der Waals surface area (Å²) in [7, 11) is 0. The fraction of sp³-hybridized carbons (Fsp3) is 0.111. The van der Waals surface area contributed by atoms with Crippen LogP contribution < -0.4 is 5.73 Å². The fourth-order valence-corrected chi connectivity index (χ4v) is 1.47. The zero-order chi connectivity index (χ0) is 9.97. The van der Waals surface area contributed by atoms with Gasteiger partial charge in [-0.1, -0.05) is 27.2 Å². The second-order valence-corrected chi connectivity index (χ2v) is 3.65. The van der Waals surface area contributed by atoms with Gasteiger partial charge < -0.3 is 10.3 Å². The molecule has 2 rings (SSSR count). The van der Waals surface area contributed by atoms with Crippen molar-refractivity contribution in [2.45, 2.75) is 6.54 Å². The highest BCUT2D eigenvalue weighted by Crippen LogP contribution is 2.20. The molecule has 1 aromatic heterocycles. The van der Waals surface area contributed by atoms with Gasteiger partial charge in [-0.15, -0.1) is 12.4 Å². The molecule has 80 valence electrons. The van der Waals surface area contributed by atoms with E-state index in [0.717, 1.165) is 10.0 Å². The molecule has 0 saturated heterocycles. The maximum Gasteiger partial charge on any atom is 0.258 e. The normalized spacial score (nSPS) is 9.73. The van der Waals surface area contributed by atoms with Gasteiger partial charge in [0.05, 0.1) is 6.54 Å². The zero-order valence-electron chi connectivity index (χ0n) is 7.68. The van der Waals surface area contributed by atoms with Crippen LogP contribution in [0.1, 0.15) is 5.82 Å². The maximum absolute atomic E-state index is 5.38. The van der Waals surface area contributed by atoms with Crippen molar-refractivity contribution >= 4 is 28.3 Å². The van der Waals surface area contributed by atoms with Gasteiger partial charge in [0.1, 0.15) is 0 Å². The first kappa shape index (κ1) is 12.2. The third kappa shape index (κ3) is 2.77. The highest BCUT2D eigenvalue weighted by atomic mass is 79.9. The van der Waals surface area contributed by atoms with Gasteiger partial charge in [-0.25, -0.2) is 0 Å². The summed E-state index contributed by atoms with van der Waals surface area (Å²) in [5.41, 5.74) is 6.26. The number of halogens is 2. The quantitative estimate of drug-likeness (QED) is 0.922. The number of nitrogens with zero attached hydrogens (tertiary/aromatic N) is 2. The molecular formula is C9H9BrClN3O. The van der Waals surface area contributed by atoms with Crippen LogP contribution in [0.25, 0.3) is 11.5 Å². The predicted octanol–water partition coefficient (Wildman–Crippen LogP) is 2.38. The Morgan fingerprint density at radius 2 is 2.20 bits per heavy atom. The third-order valence-corrected chi connectivity index (χ3v) is 2.22. The third-order valence-electron chi connectivity index (χ3n) is 1.72. The highest BCUT2D eigenvalue weighted by Gasteiger charge is 2.07. The minimum atomic E-state index is 0. The van der Waals surface area contributed by atoms with E-state index in [-0.39, 0.29) is 19.0 Å². The number of rotatable bonds is 2. The Labute approximate surface area is 101 Å². The Hall–Kier alpha value is -0.910. The van der Waals surface area contributed by atoms with Crippen LogP contribution >= 0.6 is 28.3 Å². The summed E-state index contributed by atoms with van der Waals surface area (Å²) >= 11 is 3.37. The molecule has 0 bridgehead atoms. The van der Waals surface area contributed by atoms with Crippen LogP contribution in [-0.4, -0.2) is 10.1 Å². The number of aromatic nitrogens is 2. The average molecular weight is 291 g/mol. The van der Waals surface area contributed by atoms with Crippen LogP contribution in [0, 0.1) is 0 Å². The zero-order valence-corrected chi connectivity index (χ0v) is 10.1. The first-order chi connectivity index (χ1) is 6.79. The lowest BCUT2D eigenvalue weighted by Gasteiger charge is -1.93. The second kappa shape index (κ2) is 5.25. The van der Waals surface area contributed by atoms with Crippen molar-refractivity contribution in [2.24, 2.45) is 5.73 Å². The van der Waals surface area contributed by atoms with Crippen molar-refractivity contribution in [1.29, 1.82) is 0 Å². The molecule has 1 aromatic carbocycles. The second-order valence-electron chi connectivity index (χ2n) is 2.73. The van der Waals surface area contributed by atoms with Crippen molar-refractivity contribution in [3.05, 3.63) is 34.6 Å². The molecular weight excluding hydrogens is 281 g/mol. The van der Waals surface area contributed by atoms with E-state index in [2.05, 4.69) is 26.1 Å². The van der Waals surface area contributed by atoms with E-state index in [0.29, 0.717) is 11.7 Å². The molecule has 0 amide bonds. The molecule has 0 aliphatic carbocycles. The highest BCUT2D eigenvalue weighted by molar-refractivity contribution is 9.10. The standard InChI is InChI=1S/C9H8BrN3O.ClH/c10-7-3-1-2-6(4-7)9-12-8(5-11)13-14-9;/h1-4H,5,11H2;1H. The molecule has 1 heterocycles. The SMILES string of the molecule is Cl.NCc1noc(-c2cccc(Br)c2)n1. The molecule has 2 aromatic rings. The Kier molecular flexibility index (Phi) is 4.26. The van der Waals surface area contributed by atoms with E-state index < -0.39 is 0 Å². The lowest BCUT2D eigenvalue weighted by molar-refractivity contribution is 0.423. The molecule has 6 heteroatoms. The first-order valence-electron chi connectivity index (χ1n) is 4.08. The smallest absolute Gasteiger partial charge is 0.258 e. The molecule has 0 saturated carbocycles. The summed E-state index contributed by atoms with van der Waals surface area (Å²) in [5.74, 6) is 1.01. The Balaban J connectivity index is 0.00000112. The minimum absolute atomic E-state index is 0. The van der Waals surface area contributed by atoms with Crippen LogP contribution in [0.4, 0.5) is 0 Å². The van der Waals surface area contributed by atoms with Gasteiger partial charge >= 0.3 is 0 Å². The van der Waals surface area contributed by atoms with Crippen LogP contribution in [-0.2, 0) is 6.54 Å². The van der Waals surface area contributed by atoms with Crippen LogP contribution in [0.5, 0.6) is 0 Å². The molecule has 0 spiro atoms. The van der Waals surface area contributed by atoms with E-state index in [1.165, 1.54) is 0 Å². The van der Waals surface area contributed by atoms with Gasteiger partial charge in [0.2, 0.25) is 0 Å². The lowest BCUT2D eigenvalue weighted by atomic mass is 10.2. The molecule has 4 nitrogen and oxygen atoms in total. The Morgan fingerprint density at radius 3 is 2.80 bits per heavy atom. The summed E-state index contributed by atoms with van der Waals surface area (Å²) in [6, 6.07) is 7.65. The van der Waals surface area contributed by atoms with E-state index in [9.17, 15) is 0 Å². The topological polar surface area (TPSA) is 64.9 Å². The Bertz CT molecular complexity index is 446. The van der Waals surface area contributed by atoms with E-state index >= 15 is 0 Å². The van der Waals surface area contributed by atoms with Crippen molar-refractivity contribution < 1.29 is 4.52 Å². The number of hydrogen-bond donors (Lipinski definition) is 1. The summed E-state index contributed by atoms with van der Waals surface area (Å²) in [5, 5.41) is 3.71. The van der Waals surface area contributed by atoms with Crippen LogP contribution in [0.2, 0.25) is 0 Å². The molecule has 0 radical (unpaired) electrons. The maximum atomic E-state index is 5.38. The van der Waals surface area contributed by atoms with E-state index in [4.69, 9.17) is 10.3 Å². The van der Waals surface area contributed by atoms with Crippen molar-refractivity contribution in [3.8, 4) is 11.5 Å². The van der Waals surface area contributed by atoms with Crippen LogP contribution in [0.3, 0.4) is 0 Å². The molecule has 0 aliphatic rings. The lowest BCUT2D eigenvalue weighted by Crippen LogP contribution is -1.97. The van der Waals surface area contributed by atoms with Gasteiger partial charge in [-0.3, -0.25) is 0 Å². The predicted molar refractivity (Wildman–Crippen MR) is 62.6 cm³/mol. The molecule has 0 aliphatic heterocycles. The van der Waals surface area contributed by atoms with Crippen molar-refractivity contribution in [1.82, 2.24) is 10.1 Å². The molecule has 2 N–H and O–H groups in total. The van der Waals surface area contributed by atoms with Gasteiger partial charge in [-0.05, 0) is 18.2 Å². The summed E-state index contributed by atoms with van der Waals surface area (Å²) in [6.07, 6.45) is 0. The Morgan fingerprint density at radius 1 is 1.40 bits per heavy atom. The number of hydrogen-bond acceptors (Lipinski definition) is 4. The van der Waals surface area contributed by atoms with Crippen molar-refractivity contribution in [2.75, 3.05) is 0 Å².